The number of halogens is 5. The number of hydrogen-bond donors (Lipinski definition) is 4. The van der Waals surface area contributed by atoms with Gasteiger partial charge >= 0.3 is 12.2 Å². The van der Waals surface area contributed by atoms with Crippen LogP contribution in [0.25, 0.3) is 22.0 Å². The fraction of sp³-hybridized carbons (Fsp3) is 0.0476. The van der Waals surface area contributed by atoms with Gasteiger partial charge in [0, 0.05) is 16.9 Å². The number of nitrogen functional groups attached to an aromatic ring is 1. The van der Waals surface area contributed by atoms with E-state index in [1.165, 1.54) is 12.1 Å². The standard InChI is InChI=1S/C21H14F5N5O/c22-15-7-5-10(8-14(15)21(24,25)26)28-20(32)29-11-4-6-12(16(23)9-11)13-2-1-3-17-18(13)19(27)31-30-17/h1-9H,(H3,27,30,31)(H2,28,29,32). The van der Waals surface area contributed by atoms with Crippen molar-refractivity contribution in [3.8, 4) is 11.1 Å². The molecule has 0 saturated heterocycles. The van der Waals surface area contributed by atoms with Crippen LogP contribution in [-0.4, -0.2) is 16.2 Å². The molecule has 11 heteroatoms. The van der Waals surface area contributed by atoms with E-state index in [1.807, 2.05) is 0 Å². The summed E-state index contributed by atoms with van der Waals surface area (Å²) in [6.07, 6.45) is -4.92. The Balaban J connectivity index is 1.54. The molecule has 0 aliphatic carbocycles. The summed E-state index contributed by atoms with van der Waals surface area (Å²) in [4.78, 5) is 12.1. The molecule has 32 heavy (non-hydrogen) atoms. The third kappa shape index (κ3) is 4.04. The molecule has 0 saturated carbocycles. The van der Waals surface area contributed by atoms with Crippen molar-refractivity contribution < 1.29 is 26.7 Å². The maximum atomic E-state index is 14.8. The number of nitrogens with zero attached hydrogens (tertiary/aromatic N) is 1. The van der Waals surface area contributed by atoms with Crippen molar-refractivity contribution in [3.05, 3.63) is 71.8 Å². The Morgan fingerprint density at radius 2 is 1.59 bits per heavy atom. The average Bonchev–Trinajstić information content (AvgIpc) is 3.10. The van der Waals surface area contributed by atoms with Gasteiger partial charge in [-0.05, 0) is 48.0 Å². The van der Waals surface area contributed by atoms with Crippen LogP contribution in [-0.2, 0) is 6.18 Å². The van der Waals surface area contributed by atoms with Crippen LogP contribution in [0.5, 0.6) is 0 Å². The van der Waals surface area contributed by atoms with Gasteiger partial charge in [0.25, 0.3) is 0 Å². The number of nitrogens with one attached hydrogen (secondary N) is 3. The van der Waals surface area contributed by atoms with Crippen molar-refractivity contribution in [3.63, 3.8) is 0 Å². The Labute approximate surface area is 177 Å². The summed E-state index contributed by atoms with van der Waals surface area (Å²) in [5.74, 6) is -1.93. The van der Waals surface area contributed by atoms with E-state index in [9.17, 15) is 26.7 Å². The first-order valence-electron chi connectivity index (χ1n) is 9.11. The Hall–Kier alpha value is -4.15. The Morgan fingerprint density at radius 3 is 2.28 bits per heavy atom. The largest absolute Gasteiger partial charge is 0.419 e. The van der Waals surface area contributed by atoms with Gasteiger partial charge in [-0.1, -0.05) is 12.1 Å². The smallest absolute Gasteiger partial charge is 0.382 e. The summed E-state index contributed by atoms with van der Waals surface area (Å²) in [6, 6.07) is 10.1. The lowest BCUT2D eigenvalue weighted by atomic mass is 10.0. The molecule has 4 aromatic rings. The quantitative estimate of drug-likeness (QED) is 0.301. The summed E-state index contributed by atoms with van der Waals surface area (Å²) < 4.78 is 66.6. The van der Waals surface area contributed by atoms with Gasteiger partial charge in [0.1, 0.15) is 11.6 Å². The second kappa shape index (κ2) is 7.84. The predicted octanol–water partition coefficient (Wildman–Crippen LogP) is 5.75. The Kier molecular flexibility index (Phi) is 5.17. The lowest BCUT2D eigenvalue weighted by molar-refractivity contribution is -0.139. The minimum atomic E-state index is -4.92. The van der Waals surface area contributed by atoms with Crippen molar-refractivity contribution in [2.24, 2.45) is 0 Å². The highest BCUT2D eigenvalue weighted by molar-refractivity contribution is 6.02. The summed E-state index contributed by atoms with van der Waals surface area (Å²) in [5, 5.41) is 11.7. The number of hydrogen-bond acceptors (Lipinski definition) is 3. The average molecular weight is 447 g/mol. The molecule has 0 fully saturated rings. The topological polar surface area (TPSA) is 95.8 Å². The number of nitrogens with two attached hydrogens (primary N) is 1. The number of carbonyl (C=O) groups is 1. The van der Waals surface area contributed by atoms with E-state index in [-0.39, 0.29) is 22.8 Å². The minimum Gasteiger partial charge on any atom is -0.382 e. The third-order valence-electron chi connectivity index (χ3n) is 4.66. The molecule has 0 radical (unpaired) electrons. The minimum absolute atomic E-state index is 0.0502. The van der Waals surface area contributed by atoms with E-state index < -0.39 is 29.4 Å². The van der Waals surface area contributed by atoms with Crippen LogP contribution in [0.4, 0.5) is 43.9 Å². The number of fused-ring (bicyclic) bond motifs is 1. The highest BCUT2D eigenvalue weighted by Crippen LogP contribution is 2.34. The van der Waals surface area contributed by atoms with Crippen molar-refractivity contribution in [1.29, 1.82) is 0 Å². The summed E-state index contributed by atoms with van der Waals surface area (Å²) in [5.41, 5.74) is 5.44. The normalized spacial score (nSPS) is 11.5. The lowest BCUT2D eigenvalue weighted by Gasteiger charge is -2.12. The van der Waals surface area contributed by atoms with E-state index in [0.29, 0.717) is 28.6 Å². The van der Waals surface area contributed by atoms with Crippen molar-refractivity contribution in [2.75, 3.05) is 16.4 Å². The highest BCUT2D eigenvalue weighted by atomic mass is 19.4. The molecule has 0 bridgehead atoms. The zero-order valence-corrected chi connectivity index (χ0v) is 16.0. The molecule has 0 spiro atoms. The molecule has 164 valence electrons. The molecule has 6 nitrogen and oxygen atoms in total. The van der Waals surface area contributed by atoms with Gasteiger partial charge in [0.15, 0.2) is 5.82 Å². The van der Waals surface area contributed by atoms with Crippen LogP contribution < -0.4 is 16.4 Å². The van der Waals surface area contributed by atoms with Crippen molar-refractivity contribution >= 4 is 34.1 Å². The van der Waals surface area contributed by atoms with Crippen LogP contribution in [0.2, 0.25) is 0 Å². The lowest BCUT2D eigenvalue weighted by Crippen LogP contribution is -2.20. The Morgan fingerprint density at radius 1 is 0.906 bits per heavy atom. The number of rotatable bonds is 3. The van der Waals surface area contributed by atoms with Crippen molar-refractivity contribution in [2.45, 2.75) is 6.18 Å². The molecule has 0 atom stereocenters. The number of H-pyrrole nitrogens is 1. The van der Waals surface area contributed by atoms with Gasteiger partial charge in [-0.25, -0.2) is 13.6 Å². The van der Waals surface area contributed by atoms with Gasteiger partial charge in [0.2, 0.25) is 0 Å². The summed E-state index contributed by atoms with van der Waals surface area (Å²) in [7, 11) is 0. The summed E-state index contributed by atoms with van der Waals surface area (Å²) >= 11 is 0. The third-order valence-corrected chi connectivity index (χ3v) is 4.66. The van der Waals surface area contributed by atoms with Gasteiger partial charge in [-0.15, -0.1) is 0 Å². The monoisotopic (exact) mass is 447 g/mol. The van der Waals surface area contributed by atoms with Gasteiger partial charge in [-0.3, -0.25) is 5.10 Å². The van der Waals surface area contributed by atoms with Crippen LogP contribution >= 0.6 is 0 Å². The van der Waals surface area contributed by atoms with Gasteiger partial charge in [0.05, 0.1) is 16.5 Å². The van der Waals surface area contributed by atoms with Crippen LogP contribution in [0.15, 0.2) is 54.6 Å². The van der Waals surface area contributed by atoms with Crippen LogP contribution in [0.1, 0.15) is 5.56 Å². The van der Waals surface area contributed by atoms with Crippen LogP contribution in [0, 0.1) is 11.6 Å². The maximum Gasteiger partial charge on any atom is 0.419 e. The second-order valence-electron chi connectivity index (χ2n) is 6.80. The van der Waals surface area contributed by atoms with E-state index in [4.69, 9.17) is 5.73 Å². The first kappa shape index (κ1) is 21.1. The molecule has 3 aromatic carbocycles. The zero-order chi connectivity index (χ0) is 23.0. The highest BCUT2D eigenvalue weighted by Gasteiger charge is 2.34. The Bertz CT molecular complexity index is 1330. The number of anilines is 3. The number of aromatic nitrogens is 2. The molecular weight excluding hydrogens is 433 g/mol. The number of aromatic amines is 1. The fourth-order valence-corrected chi connectivity index (χ4v) is 3.25. The molecule has 0 unspecified atom stereocenters. The molecule has 0 aliphatic heterocycles. The predicted molar refractivity (Wildman–Crippen MR) is 110 cm³/mol. The van der Waals surface area contributed by atoms with Gasteiger partial charge in [-0.2, -0.15) is 18.3 Å². The fourth-order valence-electron chi connectivity index (χ4n) is 3.25. The van der Waals surface area contributed by atoms with E-state index >= 15 is 0 Å². The van der Waals surface area contributed by atoms with E-state index in [1.54, 1.807) is 18.2 Å². The van der Waals surface area contributed by atoms with Crippen LogP contribution in [0.3, 0.4) is 0 Å². The van der Waals surface area contributed by atoms with E-state index in [2.05, 4.69) is 20.8 Å². The maximum absolute atomic E-state index is 14.8. The molecule has 1 aromatic heterocycles. The SMILES string of the molecule is Nc1n[nH]c2cccc(-c3ccc(NC(=O)Nc4ccc(F)c(C(F)(F)F)c4)cc3F)c12. The number of urea groups is 1. The molecule has 0 aliphatic rings. The molecule has 1 heterocycles. The number of amides is 2. The first-order chi connectivity index (χ1) is 15.1. The number of alkyl halides is 3. The van der Waals surface area contributed by atoms with E-state index in [0.717, 1.165) is 12.1 Å². The molecule has 4 rings (SSSR count). The second-order valence-corrected chi connectivity index (χ2v) is 6.80. The molecule has 5 N–H and O–H groups in total. The molecular formula is C21H14F5N5O. The number of carbonyl (C=O) groups excluding carboxylic acids is 1. The van der Waals surface area contributed by atoms with Gasteiger partial charge < -0.3 is 16.4 Å². The van der Waals surface area contributed by atoms with Crippen molar-refractivity contribution in [1.82, 2.24) is 10.2 Å². The summed E-state index contributed by atoms with van der Waals surface area (Å²) in [6.45, 7) is 0. The first-order valence-corrected chi connectivity index (χ1v) is 9.11. The zero-order valence-electron chi connectivity index (χ0n) is 16.0. The molecule has 2 amide bonds. The number of benzene rings is 3.